The lowest BCUT2D eigenvalue weighted by molar-refractivity contribution is 0.249. The summed E-state index contributed by atoms with van der Waals surface area (Å²) in [5.74, 6) is 0. The second-order valence-corrected chi connectivity index (χ2v) is 4.28. The number of rotatable bonds is 5. The lowest BCUT2D eigenvalue weighted by Crippen LogP contribution is -2.40. The predicted octanol–water partition coefficient (Wildman–Crippen LogP) is 0.875. The summed E-state index contributed by atoms with van der Waals surface area (Å²) in [7, 11) is 0. The maximum atomic E-state index is 9.03. The first-order valence-corrected chi connectivity index (χ1v) is 5.75. The zero-order chi connectivity index (χ0) is 10.4. The lowest BCUT2D eigenvalue weighted by Gasteiger charge is -2.15. The average Bonchev–Trinajstić information content (AvgIpc) is 2.64. The maximum absolute atomic E-state index is 9.03. The molecule has 1 rings (SSSR count). The standard InChI is InChI=1S/C9H14N2OS2/c10-9(13)11-8(5-12)2-1-7-3-4-14-6-7/h3-4,6,8,12H,1-2,5H2,(H3,10,11,13)/t8-/m1/s1. The quantitative estimate of drug-likeness (QED) is 0.657. The van der Waals surface area contributed by atoms with Gasteiger partial charge < -0.3 is 16.2 Å². The molecule has 0 amide bonds. The smallest absolute Gasteiger partial charge is 0.163 e. The van der Waals surface area contributed by atoms with E-state index in [0.29, 0.717) is 0 Å². The summed E-state index contributed by atoms with van der Waals surface area (Å²) in [6, 6.07) is 2.05. The van der Waals surface area contributed by atoms with Gasteiger partial charge >= 0.3 is 0 Å². The fourth-order valence-electron chi connectivity index (χ4n) is 1.19. The van der Waals surface area contributed by atoms with Crippen molar-refractivity contribution in [3.63, 3.8) is 0 Å². The molecule has 0 unspecified atom stereocenters. The molecule has 0 spiro atoms. The van der Waals surface area contributed by atoms with E-state index in [1.807, 2.05) is 5.38 Å². The molecule has 4 N–H and O–H groups in total. The summed E-state index contributed by atoms with van der Waals surface area (Å²) in [5.41, 5.74) is 6.62. The zero-order valence-electron chi connectivity index (χ0n) is 7.77. The van der Waals surface area contributed by atoms with Crippen LogP contribution in [-0.2, 0) is 6.42 Å². The molecule has 0 saturated heterocycles. The van der Waals surface area contributed by atoms with Crippen LogP contribution < -0.4 is 11.1 Å². The van der Waals surface area contributed by atoms with Crippen molar-refractivity contribution in [3.05, 3.63) is 22.4 Å². The van der Waals surface area contributed by atoms with Crippen LogP contribution in [0.25, 0.3) is 0 Å². The normalized spacial score (nSPS) is 12.4. The van der Waals surface area contributed by atoms with Crippen LogP contribution in [0.15, 0.2) is 16.8 Å². The fraction of sp³-hybridized carbons (Fsp3) is 0.444. The minimum absolute atomic E-state index is 0.0348. The van der Waals surface area contributed by atoms with E-state index in [9.17, 15) is 0 Å². The van der Waals surface area contributed by atoms with E-state index >= 15 is 0 Å². The molecule has 1 aromatic rings. The average molecular weight is 230 g/mol. The SMILES string of the molecule is NC(=S)N[C@@H](CO)CCc1ccsc1. The molecule has 0 aliphatic rings. The van der Waals surface area contributed by atoms with Gasteiger partial charge in [-0.05, 0) is 47.4 Å². The Bertz CT molecular complexity index is 274. The summed E-state index contributed by atoms with van der Waals surface area (Å²) >= 11 is 6.39. The zero-order valence-corrected chi connectivity index (χ0v) is 9.40. The molecule has 14 heavy (non-hydrogen) atoms. The number of thiocarbonyl (C=S) groups is 1. The van der Waals surface area contributed by atoms with Crippen molar-refractivity contribution >= 4 is 28.7 Å². The molecule has 1 heterocycles. The van der Waals surface area contributed by atoms with Crippen molar-refractivity contribution in [3.8, 4) is 0 Å². The van der Waals surface area contributed by atoms with Gasteiger partial charge in [-0.2, -0.15) is 11.3 Å². The molecule has 0 radical (unpaired) electrons. The molecular formula is C9H14N2OS2. The summed E-state index contributed by atoms with van der Waals surface area (Å²) in [6.07, 6.45) is 1.77. The Morgan fingerprint density at radius 3 is 3.00 bits per heavy atom. The molecule has 0 aliphatic carbocycles. The van der Waals surface area contributed by atoms with Crippen molar-refractivity contribution in [2.24, 2.45) is 5.73 Å². The highest BCUT2D eigenvalue weighted by Crippen LogP contribution is 2.09. The molecule has 3 nitrogen and oxygen atoms in total. The Hall–Kier alpha value is -0.650. The van der Waals surface area contributed by atoms with Crippen LogP contribution in [-0.4, -0.2) is 22.9 Å². The van der Waals surface area contributed by atoms with Gasteiger partial charge in [0.25, 0.3) is 0 Å². The second kappa shape index (κ2) is 5.95. The van der Waals surface area contributed by atoms with Gasteiger partial charge in [-0.15, -0.1) is 0 Å². The van der Waals surface area contributed by atoms with Gasteiger partial charge in [-0.1, -0.05) is 0 Å². The summed E-state index contributed by atoms with van der Waals surface area (Å²) < 4.78 is 0. The fourth-order valence-corrected chi connectivity index (χ4v) is 2.06. The number of hydrogen-bond donors (Lipinski definition) is 3. The Morgan fingerprint density at radius 2 is 2.50 bits per heavy atom. The minimum atomic E-state index is -0.0348. The van der Waals surface area contributed by atoms with Gasteiger partial charge in [0.15, 0.2) is 5.11 Å². The Kier molecular flexibility index (Phi) is 4.86. The molecule has 78 valence electrons. The number of nitrogens with one attached hydrogen (secondary N) is 1. The number of nitrogens with two attached hydrogens (primary N) is 1. The van der Waals surface area contributed by atoms with Gasteiger partial charge in [0.1, 0.15) is 0 Å². The first-order valence-electron chi connectivity index (χ1n) is 4.40. The first-order chi connectivity index (χ1) is 6.72. The summed E-state index contributed by atoms with van der Waals surface area (Å²) in [6.45, 7) is 0.0570. The van der Waals surface area contributed by atoms with Crippen molar-refractivity contribution < 1.29 is 5.11 Å². The molecule has 0 aliphatic heterocycles. The van der Waals surface area contributed by atoms with Crippen molar-refractivity contribution in [2.75, 3.05) is 6.61 Å². The molecule has 5 heteroatoms. The van der Waals surface area contributed by atoms with Gasteiger partial charge in [-0.25, -0.2) is 0 Å². The summed E-state index contributed by atoms with van der Waals surface area (Å²) in [4.78, 5) is 0. The van der Waals surface area contributed by atoms with Crippen molar-refractivity contribution in [2.45, 2.75) is 18.9 Å². The Labute approximate surface area is 92.9 Å². The monoisotopic (exact) mass is 230 g/mol. The third-order valence-corrected chi connectivity index (χ3v) is 2.78. The highest BCUT2D eigenvalue weighted by atomic mass is 32.1. The van der Waals surface area contributed by atoms with Crippen molar-refractivity contribution in [1.82, 2.24) is 5.32 Å². The lowest BCUT2D eigenvalue weighted by atomic mass is 10.1. The van der Waals surface area contributed by atoms with Gasteiger partial charge in [-0.3, -0.25) is 0 Å². The highest BCUT2D eigenvalue weighted by Gasteiger charge is 2.07. The van der Waals surface area contributed by atoms with Crippen LogP contribution in [0.3, 0.4) is 0 Å². The summed E-state index contributed by atoms with van der Waals surface area (Å²) in [5, 5.41) is 16.3. The molecule has 1 aromatic heterocycles. The minimum Gasteiger partial charge on any atom is -0.394 e. The van der Waals surface area contributed by atoms with E-state index in [0.717, 1.165) is 12.8 Å². The predicted molar refractivity (Wildman–Crippen MR) is 63.4 cm³/mol. The van der Waals surface area contributed by atoms with Crippen LogP contribution >= 0.6 is 23.6 Å². The third-order valence-electron chi connectivity index (χ3n) is 1.93. The van der Waals surface area contributed by atoms with Crippen LogP contribution in [0.5, 0.6) is 0 Å². The number of thiophene rings is 1. The van der Waals surface area contributed by atoms with Crippen molar-refractivity contribution in [1.29, 1.82) is 0 Å². The molecular weight excluding hydrogens is 216 g/mol. The van der Waals surface area contributed by atoms with E-state index in [2.05, 4.69) is 16.8 Å². The second-order valence-electron chi connectivity index (χ2n) is 3.06. The molecule has 0 aromatic carbocycles. The van der Waals surface area contributed by atoms with Gasteiger partial charge in [0, 0.05) is 0 Å². The Morgan fingerprint density at radius 1 is 1.71 bits per heavy atom. The highest BCUT2D eigenvalue weighted by molar-refractivity contribution is 7.80. The molecule has 0 bridgehead atoms. The molecule has 0 saturated carbocycles. The van der Waals surface area contributed by atoms with E-state index in [4.69, 9.17) is 23.1 Å². The van der Waals surface area contributed by atoms with Gasteiger partial charge in [0.2, 0.25) is 0 Å². The Balaban J connectivity index is 2.30. The number of aliphatic hydroxyl groups is 1. The number of aliphatic hydroxyl groups excluding tert-OH is 1. The largest absolute Gasteiger partial charge is 0.394 e. The van der Waals surface area contributed by atoms with Crippen LogP contribution in [0.1, 0.15) is 12.0 Å². The topological polar surface area (TPSA) is 58.3 Å². The third kappa shape index (κ3) is 4.04. The van der Waals surface area contributed by atoms with Crippen LogP contribution in [0.4, 0.5) is 0 Å². The van der Waals surface area contributed by atoms with Gasteiger partial charge in [0.05, 0.1) is 12.6 Å². The van der Waals surface area contributed by atoms with E-state index < -0.39 is 0 Å². The van der Waals surface area contributed by atoms with Crippen LogP contribution in [0, 0.1) is 0 Å². The van der Waals surface area contributed by atoms with E-state index in [1.165, 1.54) is 5.56 Å². The van der Waals surface area contributed by atoms with E-state index in [1.54, 1.807) is 11.3 Å². The number of hydrogen-bond acceptors (Lipinski definition) is 3. The first kappa shape index (κ1) is 11.4. The molecule has 0 fully saturated rings. The maximum Gasteiger partial charge on any atom is 0.163 e. The molecule has 1 atom stereocenters. The van der Waals surface area contributed by atoms with E-state index in [-0.39, 0.29) is 17.8 Å². The number of aryl methyl sites for hydroxylation is 1. The van der Waals surface area contributed by atoms with Crippen LogP contribution in [0.2, 0.25) is 0 Å².